The molecule has 0 spiro atoms. The zero-order chi connectivity index (χ0) is 35.0. The van der Waals surface area contributed by atoms with E-state index in [0.29, 0.717) is 66.0 Å². The van der Waals surface area contributed by atoms with Crippen LogP contribution in [0.3, 0.4) is 0 Å². The van der Waals surface area contributed by atoms with Crippen molar-refractivity contribution in [1.82, 2.24) is 14.8 Å². The summed E-state index contributed by atoms with van der Waals surface area (Å²) in [4.78, 5) is 30.4. The lowest BCUT2D eigenvalue weighted by Gasteiger charge is -2.34. The van der Waals surface area contributed by atoms with Crippen molar-refractivity contribution in [3.8, 4) is 16.9 Å². The maximum atomic E-state index is 16.0. The van der Waals surface area contributed by atoms with E-state index in [1.807, 2.05) is 24.0 Å². The van der Waals surface area contributed by atoms with Crippen molar-refractivity contribution >= 4 is 5.91 Å². The zero-order valence-corrected chi connectivity index (χ0v) is 27.7. The number of ether oxygens (including phenoxy) is 1. The molecule has 1 fully saturated rings. The van der Waals surface area contributed by atoms with Crippen molar-refractivity contribution in [3.05, 3.63) is 122 Å². The summed E-state index contributed by atoms with van der Waals surface area (Å²) >= 11 is 0. The SMILES string of the molecule is CCc1cc(CCN2CC(F)C2)cn([C@H]2C(=O)N[C@@H](CC(O)O)c3cc(cc(C)c3F)-c3c(C)cccc3OCc3ccc(F)c2c3)c1=O. The van der Waals surface area contributed by atoms with E-state index in [0.717, 1.165) is 5.56 Å². The number of carbonyl (C=O) groups excluding carboxylic acids is 1. The first-order valence-corrected chi connectivity index (χ1v) is 16.5. The molecule has 6 rings (SSSR count). The molecule has 1 amide bonds. The molecule has 2 atom stereocenters. The molecule has 2 aliphatic rings. The van der Waals surface area contributed by atoms with E-state index < -0.39 is 54.1 Å². The molecule has 3 aromatic carbocycles. The Labute approximate surface area is 282 Å². The molecule has 1 saturated heterocycles. The number of amides is 1. The first-order valence-electron chi connectivity index (χ1n) is 16.5. The van der Waals surface area contributed by atoms with Crippen LogP contribution in [0.2, 0.25) is 0 Å². The average Bonchev–Trinajstić information content (AvgIpc) is 3.04. The van der Waals surface area contributed by atoms with Crippen molar-refractivity contribution in [2.24, 2.45) is 0 Å². The van der Waals surface area contributed by atoms with E-state index in [-0.39, 0.29) is 23.3 Å². The summed E-state index contributed by atoms with van der Waals surface area (Å²) in [5.41, 5.74) is 3.40. The lowest BCUT2D eigenvalue weighted by molar-refractivity contribution is -0.125. The molecule has 3 heterocycles. The third-order valence-electron chi connectivity index (χ3n) is 9.40. The number of aliphatic hydroxyl groups is 2. The van der Waals surface area contributed by atoms with Crippen LogP contribution < -0.4 is 15.6 Å². The summed E-state index contributed by atoms with van der Waals surface area (Å²) < 4.78 is 52.8. The minimum Gasteiger partial charge on any atom is -0.488 e. The highest BCUT2D eigenvalue weighted by Crippen LogP contribution is 2.38. The molecule has 11 heteroatoms. The maximum absolute atomic E-state index is 16.0. The molecule has 0 unspecified atom stereocenters. The van der Waals surface area contributed by atoms with Crippen LogP contribution in [0.25, 0.3) is 11.1 Å². The summed E-state index contributed by atoms with van der Waals surface area (Å²) in [6.07, 6.45) is -0.983. The fraction of sp³-hybridized carbons (Fsp3) is 0.368. The third-order valence-corrected chi connectivity index (χ3v) is 9.40. The van der Waals surface area contributed by atoms with Crippen molar-refractivity contribution in [2.45, 2.75) is 71.2 Å². The molecule has 49 heavy (non-hydrogen) atoms. The topological polar surface area (TPSA) is 104 Å². The predicted octanol–water partition coefficient (Wildman–Crippen LogP) is 5.21. The summed E-state index contributed by atoms with van der Waals surface area (Å²) in [6.45, 7) is 6.45. The van der Waals surface area contributed by atoms with Gasteiger partial charge in [-0.1, -0.05) is 25.1 Å². The summed E-state index contributed by atoms with van der Waals surface area (Å²) in [7, 11) is 0. The molecule has 8 nitrogen and oxygen atoms in total. The van der Waals surface area contributed by atoms with E-state index in [4.69, 9.17) is 4.74 Å². The molecule has 4 bridgehead atoms. The lowest BCUT2D eigenvalue weighted by Crippen LogP contribution is -2.49. The zero-order valence-electron chi connectivity index (χ0n) is 27.7. The second-order valence-corrected chi connectivity index (χ2v) is 13.0. The minimum absolute atomic E-state index is 0.00495. The Hall–Kier alpha value is -4.45. The number of aryl methyl sites for hydroxylation is 3. The van der Waals surface area contributed by atoms with Gasteiger partial charge in [0.1, 0.15) is 36.2 Å². The number of fused-ring (bicyclic) bond motifs is 6. The Morgan fingerprint density at radius 3 is 2.49 bits per heavy atom. The van der Waals surface area contributed by atoms with Crippen molar-refractivity contribution in [3.63, 3.8) is 0 Å². The van der Waals surface area contributed by atoms with Gasteiger partial charge in [0.25, 0.3) is 5.56 Å². The molecule has 258 valence electrons. The van der Waals surface area contributed by atoms with Gasteiger partial charge in [0.2, 0.25) is 5.91 Å². The number of carbonyl (C=O) groups is 1. The van der Waals surface area contributed by atoms with Crippen molar-refractivity contribution in [1.29, 1.82) is 0 Å². The van der Waals surface area contributed by atoms with Gasteiger partial charge in [-0.3, -0.25) is 19.1 Å². The lowest BCUT2D eigenvalue weighted by atomic mass is 9.91. The van der Waals surface area contributed by atoms with Crippen LogP contribution in [0.5, 0.6) is 5.75 Å². The van der Waals surface area contributed by atoms with Crippen LogP contribution >= 0.6 is 0 Å². The third kappa shape index (κ3) is 7.15. The molecule has 4 aromatic rings. The number of hydrogen-bond acceptors (Lipinski definition) is 6. The van der Waals surface area contributed by atoms with Gasteiger partial charge in [-0.2, -0.15) is 0 Å². The number of rotatable bonds is 7. The van der Waals surface area contributed by atoms with Crippen LogP contribution in [-0.2, 0) is 24.2 Å². The number of alkyl halides is 1. The van der Waals surface area contributed by atoms with Gasteiger partial charge < -0.3 is 20.3 Å². The minimum atomic E-state index is -1.94. The number of aromatic nitrogens is 1. The van der Waals surface area contributed by atoms with Gasteiger partial charge in [0.05, 0.1) is 6.04 Å². The average molecular weight is 676 g/mol. The molecule has 3 N–H and O–H groups in total. The number of aliphatic hydroxyl groups excluding tert-OH is 1. The van der Waals surface area contributed by atoms with E-state index in [9.17, 15) is 24.2 Å². The second-order valence-electron chi connectivity index (χ2n) is 13.0. The van der Waals surface area contributed by atoms with Gasteiger partial charge in [0, 0.05) is 54.5 Å². The van der Waals surface area contributed by atoms with Crippen molar-refractivity contribution in [2.75, 3.05) is 19.6 Å². The number of nitrogens with zero attached hydrogens (tertiary/aromatic N) is 2. The number of benzene rings is 3. The number of halogens is 3. The predicted molar refractivity (Wildman–Crippen MR) is 179 cm³/mol. The van der Waals surface area contributed by atoms with E-state index >= 15 is 8.78 Å². The molecule has 2 aliphatic heterocycles. The van der Waals surface area contributed by atoms with E-state index in [2.05, 4.69) is 5.32 Å². The number of likely N-dealkylation sites (tertiary alicyclic amines) is 1. The summed E-state index contributed by atoms with van der Waals surface area (Å²) in [5, 5.41) is 23.0. The Bertz CT molecular complexity index is 1940. The van der Waals surface area contributed by atoms with Gasteiger partial charge >= 0.3 is 0 Å². The van der Waals surface area contributed by atoms with Gasteiger partial charge in [-0.25, -0.2) is 13.2 Å². The summed E-state index contributed by atoms with van der Waals surface area (Å²) in [5.74, 6) is -1.75. The molecular weight excluding hydrogens is 635 g/mol. The van der Waals surface area contributed by atoms with Crippen LogP contribution in [-0.4, -0.2) is 57.7 Å². The Morgan fingerprint density at radius 2 is 1.78 bits per heavy atom. The molecular formula is C38H40F3N3O5. The highest BCUT2D eigenvalue weighted by atomic mass is 19.1. The van der Waals surface area contributed by atoms with E-state index in [1.54, 1.807) is 44.2 Å². The fourth-order valence-corrected chi connectivity index (χ4v) is 6.81. The Morgan fingerprint density at radius 1 is 1.00 bits per heavy atom. The Kier molecular flexibility index (Phi) is 9.96. The standard InChI is InChI=1S/C38H40F3N3O5/c1-4-25-13-23(10-11-43-18-27(39)19-43)17-44(38(25)48)36-28-14-24(8-9-30(28)40)20-49-32-7-5-6-21(2)34(32)26-12-22(3)35(41)29(15-26)31(16-33(45)46)42-37(36)47/h5-9,12-15,17,27,31,33,36,45-46H,4,10-11,16,18-20H2,1-3H3,(H,42,47)/t31-,36+/m0/s1. The second kappa shape index (κ2) is 14.2. The number of nitrogens with one attached hydrogen (secondary N) is 1. The molecule has 0 radical (unpaired) electrons. The van der Waals surface area contributed by atoms with Crippen LogP contribution in [0.4, 0.5) is 13.2 Å². The molecule has 0 aliphatic carbocycles. The largest absolute Gasteiger partial charge is 0.488 e. The fourth-order valence-electron chi connectivity index (χ4n) is 6.81. The van der Waals surface area contributed by atoms with Crippen LogP contribution in [0.1, 0.15) is 64.4 Å². The highest BCUT2D eigenvalue weighted by molar-refractivity contribution is 5.84. The van der Waals surface area contributed by atoms with Gasteiger partial charge in [-0.15, -0.1) is 0 Å². The first kappa shape index (κ1) is 34.4. The Balaban J connectivity index is 1.54. The van der Waals surface area contributed by atoms with E-state index in [1.165, 1.54) is 22.9 Å². The number of hydrogen-bond donors (Lipinski definition) is 3. The van der Waals surface area contributed by atoms with Gasteiger partial charge in [0.15, 0.2) is 6.29 Å². The summed E-state index contributed by atoms with van der Waals surface area (Å²) in [6, 6.07) is 11.9. The molecule has 0 saturated carbocycles. The normalized spacial score (nSPS) is 18.3. The molecule has 1 aromatic heterocycles. The maximum Gasteiger partial charge on any atom is 0.254 e. The number of pyridine rings is 1. The smallest absolute Gasteiger partial charge is 0.254 e. The van der Waals surface area contributed by atoms with Gasteiger partial charge in [-0.05, 0) is 90.9 Å². The van der Waals surface area contributed by atoms with Crippen molar-refractivity contribution < 1.29 is 32.9 Å². The first-order chi connectivity index (χ1) is 23.4. The van der Waals surface area contributed by atoms with Crippen LogP contribution in [0.15, 0.2) is 65.6 Å². The quantitative estimate of drug-likeness (QED) is 0.233. The highest BCUT2D eigenvalue weighted by Gasteiger charge is 2.33. The monoisotopic (exact) mass is 675 g/mol. The van der Waals surface area contributed by atoms with Crippen LogP contribution in [0, 0.1) is 25.5 Å².